The third kappa shape index (κ3) is 5.19. The Morgan fingerprint density at radius 2 is 1.80 bits per heavy atom. The number of benzene rings is 1. The molecule has 1 N–H and O–H groups in total. The minimum Gasteiger partial charge on any atom is -0.480 e. The summed E-state index contributed by atoms with van der Waals surface area (Å²) >= 11 is 0. The number of sulfonamides is 1. The summed E-state index contributed by atoms with van der Waals surface area (Å²) in [5.74, 6) is -1.02. The van der Waals surface area contributed by atoms with Crippen LogP contribution in [0.2, 0.25) is 0 Å². The number of Topliss-reactive ketones (excluding diaryl/α,β-unsaturated/α-hetero) is 1. The second-order valence-corrected chi connectivity index (χ2v) is 8.12. The minimum atomic E-state index is -3.68. The van der Waals surface area contributed by atoms with Crippen LogP contribution in [0.4, 0.5) is 11.4 Å². The summed E-state index contributed by atoms with van der Waals surface area (Å²) < 4.78 is 25.9. The Balaban J connectivity index is 2.20. The van der Waals surface area contributed by atoms with E-state index < -0.39 is 22.5 Å². The van der Waals surface area contributed by atoms with Crippen molar-refractivity contribution >= 4 is 33.2 Å². The standard InChI is InChI=1S/C17H24N2O5S/c1-2-3-12-25(23,24)19(13-17(21)22)15-6-4-14(5-7-15)18-10-8-16(20)9-11-18/h4-7H,2-3,8-13H2,1H3,(H,21,22). The maximum atomic E-state index is 12.5. The maximum absolute atomic E-state index is 12.5. The fraction of sp³-hybridized carbons (Fsp3) is 0.529. The second-order valence-electron chi connectivity index (χ2n) is 6.11. The fourth-order valence-electron chi connectivity index (χ4n) is 2.75. The van der Waals surface area contributed by atoms with Gasteiger partial charge in [-0.15, -0.1) is 0 Å². The number of nitrogens with zero attached hydrogens (tertiary/aromatic N) is 2. The molecule has 7 nitrogen and oxygen atoms in total. The summed E-state index contributed by atoms with van der Waals surface area (Å²) in [7, 11) is -3.68. The zero-order valence-corrected chi connectivity index (χ0v) is 15.2. The molecular formula is C17H24N2O5S. The predicted molar refractivity (Wildman–Crippen MR) is 96.6 cm³/mol. The number of hydrogen-bond donors (Lipinski definition) is 1. The molecule has 1 saturated heterocycles. The summed E-state index contributed by atoms with van der Waals surface area (Å²) in [6.45, 7) is 2.58. The van der Waals surface area contributed by atoms with Gasteiger partial charge in [-0.25, -0.2) is 8.42 Å². The largest absolute Gasteiger partial charge is 0.480 e. The van der Waals surface area contributed by atoms with Gasteiger partial charge in [0.1, 0.15) is 12.3 Å². The number of carboxylic acids is 1. The van der Waals surface area contributed by atoms with Gasteiger partial charge in [-0.1, -0.05) is 13.3 Å². The molecule has 138 valence electrons. The Morgan fingerprint density at radius 1 is 1.20 bits per heavy atom. The van der Waals surface area contributed by atoms with E-state index in [1.165, 1.54) is 0 Å². The molecule has 0 bridgehead atoms. The Bertz CT molecular complexity index is 705. The topological polar surface area (TPSA) is 95.0 Å². The molecule has 1 aliphatic rings. The van der Waals surface area contributed by atoms with Gasteiger partial charge < -0.3 is 10.0 Å². The summed E-state index contributed by atoms with van der Waals surface area (Å²) in [5, 5.41) is 9.07. The molecule has 1 fully saturated rings. The average molecular weight is 368 g/mol. The van der Waals surface area contributed by atoms with Crippen molar-refractivity contribution in [1.29, 1.82) is 0 Å². The molecule has 1 aromatic rings. The van der Waals surface area contributed by atoms with Gasteiger partial charge in [-0.3, -0.25) is 13.9 Å². The van der Waals surface area contributed by atoms with Crippen LogP contribution in [0.15, 0.2) is 24.3 Å². The summed E-state index contributed by atoms with van der Waals surface area (Å²) in [6, 6.07) is 6.79. The first-order valence-electron chi connectivity index (χ1n) is 8.42. The molecule has 1 heterocycles. The van der Waals surface area contributed by atoms with E-state index >= 15 is 0 Å². The molecule has 0 atom stereocenters. The van der Waals surface area contributed by atoms with Crippen LogP contribution < -0.4 is 9.21 Å². The number of anilines is 2. The fourth-order valence-corrected chi connectivity index (χ4v) is 4.38. The normalized spacial score (nSPS) is 15.2. The predicted octanol–water partition coefficient (Wildman–Crippen LogP) is 1.88. The number of piperidine rings is 1. The van der Waals surface area contributed by atoms with Gasteiger partial charge in [0.15, 0.2) is 0 Å². The molecule has 0 radical (unpaired) electrons. The van der Waals surface area contributed by atoms with Crippen LogP contribution in [0.1, 0.15) is 32.6 Å². The lowest BCUT2D eigenvalue weighted by atomic mass is 10.1. The van der Waals surface area contributed by atoms with Crippen LogP contribution in [0, 0.1) is 0 Å². The van der Waals surface area contributed by atoms with Crippen LogP contribution in [-0.2, 0) is 19.6 Å². The molecule has 0 aliphatic carbocycles. The molecule has 0 unspecified atom stereocenters. The number of carbonyl (C=O) groups is 2. The molecule has 1 aliphatic heterocycles. The number of ketones is 1. The van der Waals surface area contributed by atoms with Crippen molar-refractivity contribution in [3.8, 4) is 0 Å². The lowest BCUT2D eigenvalue weighted by Crippen LogP contribution is -2.37. The second kappa shape index (κ2) is 8.33. The highest BCUT2D eigenvalue weighted by atomic mass is 32.2. The third-order valence-corrected chi connectivity index (χ3v) is 6.01. The number of unbranched alkanes of at least 4 members (excludes halogenated alkanes) is 1. The van der Waals surface area contributed by atoms with E-state index in [4.69, 9.17) is 5.11 Å². The zero-order chi connectivity index (χ0) is 18.4. The average Bonchev–Trinajstić information content (AvgIpc) is 2.59. The first-order chi connectivity index (χ1) is 11.8. The summed E-state index contributed by atoms with van der Waals surface area (Å²) in [6.07, 6.45) is 2.22. The molecule has 25 heavy (non-hydrogen) atoms. The summed E-state index contributed by atoms with van der Waals surface area (Å²) in [4.78, 5) is 24.5. The van der Waals surface area contributed by atoms with Crippen molar-refractivity contribution < 1.29 is 23.1 Å². The molecule has 0 spiro atoms. The smallest absolute Gasteiger partial charge is 0.324 e. The molecule has 0 amide bonds. The highest BCUT2D eigenvalue weighted by Crippen LogP contribution is 2.25. The molecule has 2 rings (SSSR count). The number of carbonyl (C=O) groups excluding carboxylic acids is 1. The van der Waals surface area contributed by atoms with Crippen molar-refractivity contribution in [3.63, 3.8) is 0 Å². The van der Waals surface area contributed by atoms with E-state index in [9.17, 15) is 18.0 Å². The van der Waals surface area contributed by atoms with Crippen LogP contribution in [-0.4, -0.2) is 50.7 Å². The zero-order valence-electron chi connectivity index (χ0n) is 14.3. The number of aliphatic carboxylic acids is 1. The molecular weight excluding hydrogens is 344 g/mol. The molecule has 8 heteroatoms. The number of hydrogen-bond acceptors (Lipinski definition) is 5. The van der Waals surface area contributed by atoms with Gasteiger partial charge in [-0.05, 0) is 30.7 Å². The van der Waals surface area contributed by atoms with Gasteiger partial charge in [-0.2, -0.15) is 0 Å². The minimum absolute atomic E-state index is 0.0766. The Kier molecular flexibility index (Phi) is 6.41. The van der Waals surface area contributed by atoms with Gasteiger partial charge in [0.25, 0.3) is 0 Å². The van der Waals surface area contributed by atoms with E-state index in [1.807, 2.05) is 6.92 Å². The van der Waals surface area contributed by atoms with E-state index in [0.29, 0.717) is 44.5 Å². The van der Waals surface area contributed by atoms with E-state index in [0.717, 1.165) is 9.99 Å². The van der Waals surface area contributed by atoms with Crippen molar-refractivity contribution in [2.75, 3.05) is 34.6 Å². The highest BCUT2D eigenvalue weighted by Gasteiger charge is 2.25. The van der Waals surface area contributed by atoms with E-state index in [1.54, 1.807) is 24.3 Å². The van der Waals surface area contributed by atoms with Crippen molar-refractivity contribution in [3.05, 3.63) is 24.3 Å². The Morgan fingerprint density at radius 3 is 2.32 bits per heavy atom. The van der Waals surface area contributed by atoms with Crippen LogP contribution >= 0.6 is 0 Å². The van der Waals surface area contributed by atoms with Crippen molar-refractivity contribution in [2.24, 2.45) is 0 Å². The molecule has 0 saturated carbocycles. The quantitative estimate of drug-likeness (QED) is 0.753. The van der Waals surface area contributed by atoms with Crippen molar-refractivity contribution in [2.45, 2.75) is 32.6 Å². The monoisotopic (exact) mass is 368 g/mol. The first-order valence-corrected chi connectivity index (χ1v) is 10.0. The van der Waals surface area contributed by atoms with Gasteiger partial charge in [0.2, 0.25) is 10.0 Å². The van der Waals surface area contributed by atoms with E-state index in [-0.39, 0.29) is 11.5 Å². The summed E-state index contributed by atoms with van der Waals surface area (Å²) in [5.41, 5.74) is 1.24. The third-order valence-electron chi connectivity index (χ3n) is 4.19. The van der Waals surface area contributed by atoms with Gasteiger partial charge in [0.05, 0.1) is 11.4 Å². The highest BCUT2D eigenvalue weighted by molar-refractivity contribution is 7.92. The number of rotatable bonds is 8. The Labute approximate surface area is 148 Å². The molecule has 0 aromatic heterocycles. The number of carboxylic acid groups (broad SMARTS) is 1. The van der Waals surface area contributed by atoms with Crippen LogP contribution in [0.25, 0.3) is 0 Å². The Hall–Kier alpha value is -2.09. The SMILES string of the molecule is CCCCS(=O)(=O)N(CC(=O)O)c1ccc(N2CCC(=O)CC2)cc1. The van der Waals surface area contributed by atoms with Crippen LogP contribution in [0.5, 0.6) is 0 Å². The maximum Gasteiger partial charge on any atom is 0.324 e. The lowest BCUT2D eigenvalue weighted by molar-refractivity contribution is -0.135. The van der Waals surface area contributed by atoms with Gasteiger partial charge in [0, 0.05) is 31.6 Å². The first kappa shape index (κ1) is 19.2. The van der Waals surface area contributed by atoms with Gasteiger partial charge >= 0.3 is 5.97 Å². The van der Waals surface area contributed by atoms with Crippen LogP contribution in [0.3, 0.4) is 0 Å². The van der Waals surface area contributed by atoms with Crippen molar-refractivity contribution in [1.82, 2.24) is 0 Å². The molecule has 1 aromatic carbocycles. The van der Waals surface area contributed by atoms with E-state index in [2.05, 4.69) is 4.90 Å². The lowest BCUT2D eigenvalue weighted by Gasteiger charge is -2.29.